The summed E-state index contributed by atoms with van der Waals surface area (Å²) in [6.45, 7) is 4.57. The van der Waals surface area contributed by atoms with Crippen molar-refractivity contribution >= 4 is 28.3 Å². The van der Waals surface area contributed by atoms with Crippen LogP contribution in [0.4, 0.5) is 0 Å². The molecular weight excluding hydrogens is 248 g/mol. The van der Waals surface area contributed by atoms with Gasteiger partial charge in [0.05, 0.1) is 11.6 Å². The van der Waals surface area contributed by atoms with Gasteiger partial charge in [0, 0.05) is 18.4 Å². The SMILES string of the molecule is CC(C)c1nc2cc(OCCC(N)=S)ccc2o1. The van der Waals surface area contributed by atoms with Gasteiger partial charge in [-0.05, 0) is 12.1 Å². The lowest BCUT2D eigenvalue weighted by molar-refractivity contribution is 0.330. The molecule has 18 heavy (non-hydrogen) atoms. The Morgan fingerprint density at radius 3 is 2.94 bits per heavy atom. The molecule has 0 atom stereocenters. The standard InChI is InChI=1S/C13H16N2O2S/c1-8(2)13-15-10-7-9(3-4-11(10)17-13)16-6-5-12(14)18/h3-4,7-8H,5-6H2,1-2H3,(H2,14,18). The number of rotatable bonds is 5. The van der Waals surface area contributed by atoms with Crippen LogP contribution in [0.15, 0.2) is 22.6 Å². The van der Waals surface area contributed by atoms with E-state index in [0.717, 1.165) is 22.7 Å². The predicted octanol–water partition coefficient (Wildman–Crippen LogP) is 3.01. The Bertz CT molecular complexity index is 563. The van der Waals surface area contributed by atoms with Gasteiger partial charge < -0.3 is 14.9 Å². The fraction of sp³-hybridized carbons (Fsp3) is 0.385. The highest BCUT2D eigenvalue weighted by Crippen LogP contribution is 2.24. The third-order valence-electron chi connectivity index (χ3n) is 2.49. The van der Waals surface area contributed by atoms with Crippen molar-refractivity contribution in [3.63, 3.8) is 0 Å². The molecule has 0 radical (unpaired) electrons. The number of hydrogen-bond acceptors (Lipinski definition) is 4. The second-order valence-electron chi connectivity index (χ2n) is 4.40. The molecule has 0 saturated carbocycles. The fourth-order valence-corrected chi connectivity index (χ4v) is 1.61. The summed E-state index contributed by atoms with van der Waals surface area (Å²) in [7, 11) is 0. The van der Waals surface area contributed by atoms with Gasteiger partial charge in [0.15, 0.2) is 11.5 Å². The smallest absolute Gasteiger partial charge is 0.198 e. The highest BCUT2D eigenvalue weighted by molar-refractivity contribution is 7.80. The van der Waals surface area contributed by atoms with E-state index in [2.05, 4.69) is 4.98 Å². The van der Waals surface area contributed by atoms with Crippen LogP contribution >= 0.6 is 12.2 Å². The molecule has 1 aromatic carbocycles. The van der Waals surface area contributed by atoms with Crippen LogP contribution in [0.25, 0.3) is 11.1 Å². The molecule has 0 bridgehead atoms. The Morgan fingerprint density at radius 2 is 2.28 bits per heavy atom. The number of ether oxygens (including phenoxy) is 1. The van der Waals surface area contributed by atoms with E-state index in [1.165, 1.54) is 0 Å². The van der Waals surface area contributed by atoms with Crippen LogP contribution in [-0.2, 0) is 0 Å². The number of aromatic nitrogens is 1. The van der Waals surface area contributed by atoms with Crippen LogP contribution < -0.4 is 10.5 Å². The molecule has 0 aliphatic rings. The molecule has 0 aliphatic carbocycles. The molecule has 2 aromatic rings. The third-order valence-corrected chi connectivity index (χ3v) is 2.69. The lowest BCUT2D eigenvalue weighted by atomic mass is 10.2. The van der Waals surface area contributed by atoms with Crippen molar-refractivity contribution in [1.82, 2.24) is 4.98 Å². The lowest BCUT2D eigenvalue weighted by Crippen LogP contribution is -2.12. The van der Waals surface area contributed by atoms with Gasteiger partial charge in [-0.25, -0.2) is 4.98 Å². The van der Waals surface area contributed by atoms with Crippen LogP contribution in [0.3, 0.4) is 0 Å². The summed E-state index contributed by atoms with van der Waals surface area (Å²) in [4.78, 5) is 4.88. The van der Waals surface area contributed by atoms with Gasteiger partial charge in [-0.15, -0.1) is 0 Å². The average Bonchev–Trinajstić information content (AvgIpc) is 2.71. The molecule has 0 unspecified atom stereocenters. The van der Waals surface area contributed by atoms with Gasteiger partial charge >= 0.3 is 0 Å². The first-order chi connectivity index (χ1) is 8.56. The zero-order chi connectivity index (χ0) is 13.1. The fourth-order valence-electron chi connectivity index (χ4n) is 1.53. The first kappa shape index (κ1) is 12.8. The summed E-state index contributed by atoms with van der Waals surface area (Å²) in [5, 5.41) is 0. The number of nitrogens with zero attached hydrogens (tertiary/aromatic N) is 1. The van der Waals surface area contributed by atoms with Crippen LogP contribution in [0, 0.1) is 0 Å². The first-order valence-corrected chi connectivity index (χ1v) is 6.28. The minimum absolute atomic E-state index is 0.274. The Labute approximate surface area is 111 Å². The summed E-state index contributed by atoms with van der Waals surface area (Å²) in [6.07, 6.45) is 0.573. The van der Waals surface area contributed by atoms with E-state index in [1.54, 1.807) is 0 Å². The van der Waals surface area contributed by atoms with Crippen LogP contribution in [0.5, 0.6) is 5.75 Å². The van der Waals surface area contributed by atoms with Crippen molar-refractivity contribution in [2.24, 2.45) is 5.73 Å². The maximum absolute atomic E-state index is 5.62. The van der Waals surface area contributed by atoms with Crippen LogP contribution in [-0.4, -0.2) is 16.6 Å². The monoisotopic (exact) mass is 264 g/mol. The predicted molar refractivity (Wildman–Crippen MR) is 75.0 cm³/mol. The van der Waals surface area contributed by atoms with Crippen molar-refractivity contribution in [3.05, 3.63) is 24.1 Å². The summed E-state index contributed by atoms with van der Waals surface area (Å²) in [6, 6.07) is 5.59. The summed E-state index contributed by atoms with van der Waals surface area (Å²) in [5.74, 6) is 1.77. The van der Waals surface area contributed by atoms with E-state index in [4.69, 9.17) is 27.1 Å². The molecule has 1 heterocycles. The highest BCUT2D eigenvalue weighted by Gasteiger charge is 2.09. The van der Waals surface area contributed by atoms with Crippen LogP contribution in [0.2, 0.25) is 0 Å². The molecule has 96 valence electrons. The van der Waals surface area contributed by atoms with E-state index in [1.807, 2.05) is 32.0 Å². The lowest BCUT2D eigenvalue weighted by Gasteiger charge is -2.04. The minimum Gasteiger partial charge on any atom is -0.493 e. The average molecular weight is 264 g/mol. The summed E-state index contributed by atoms with van der Waals surface area (Å²) in [5.41, 5.74) is 7.00. The van der Waals surface area contributed by atoms with Gasteiger partial charge in [0.2, 0.25) is 0 Å². The van der Waals surface area contributed by atoms with Gasteiger partial charge in [0.1, 0.15) is 11.3 Å². The Balaban J connectivity index is 2.14. The third kappa shape index (κ3) is 2.98. The highest BCUT2D eigenvalue weighted by atomic mass is 32.1. The molecule has 0 amide bonds. The summed E-state index contributed by atoms with van der Waals surface area (Å²) < 4.78 is 11.2. The maximum atomic E-state index is 5.62. The quantitative estimate of drug-likeness (QED) is 0.841. The minimum atomic E-state index is 0.274. The van der Waals surface area contributed by atoms with Gasteiger partial charge in [0.25, 0.3) is 0 Å². The molecule has 0 saturated heterocycles. The van der Waals surface area contributed by atoms with Crippen molar-refractivity contribution in [2.45, 2.75) is 26.2 Å². The second kappa shape index (κ2) is 5.35. The maximum Gasteiger partial charge on any atom is 0.198 e. The number of nitrogens with two attached hydrogens (primary N) is 1. The van der Waals surface area contributed by atoms with Crippen molar-refractivity contribution < 1.29 is 9.15 Å². The van der Waals surface area contributed by atoms with E-state index in [0.29, 0.717) is 18.0 Å². The van der Waals surface area contributed by atoms with Crippen molar-refractivity contribution in [1.29, 1.82) is 0 Å². The summed E-state index contributed by atoms with van der Waals surface area (Å²) >= 11 is 4.79. The Hall–Kier alpha value is -1.62. The van der Waals surface area contributed by atoms with Gasteiger partial charge in [-0.1, -0.05) is 26.1 Å². The zero-order valence-corrected chi connectivity index (χ0v) is 11.3. The van der Waals surface area contributed by atoms with E-state index >= 15 is 0 Å². The zero-order valence-electron chi connectivity index (χ0n) is 10.5. The number of thiocarbonyl (C=S) groups is 1. The molecule has 0 aliphatic heterocycles. The van der Waals surface area contributed by atoms with Crippen molar-refractivity contribution in [3.8, 4) is 5.75 Å². The largest absolute Gasteiger partial charge is 0.493 e. The van der Waals surface area contributed by atoms with E-state index in [9.17, 15) is 0 Å². The molecule has 4 nitrogen and oxygen atoms in total. The second-order valence-corrected chi connectivity index (χ2v) is 4.93. The van der Waals surface area contributed by atoms with Crippen molar-refractivity contribution in [2.75, 3.05) is 6.61 Å². The van der Waals surface area contributed by atoms with Crippen LogP contribution in [0.1, 0.15) is 32.1 Å². The molecule has 0 fully saturated rings. The Kier molecular flexibility index (Phi) is 3.81. The normalized spacial score (nSPS) is 11.1. The molecular formula is C13H16N2O2S. The van der Waals surface area contributed by atoms with Gasteiger partial charge in [-0.3, -0.25) is 0 Å². The number of oxazole rings is 1. The number of benzene rings is 1. The van der Waals surface area contributed by atoms with E-state index < -0.39 is 0 Å². The number of hydrogen-bond donors (Lipinski definition) is 1. The van der Waals surface area contributed by atoms with Gasteiger partial charge in [-0.2, -0.15) is 0 Å². The van der Waals surface area contributed by atoms with E-state index in [-0.39, 0.29) is 5.92 Å². The first-order valence-electron chi connectivity index (χ1n) is 5.88. The Morgan fingerprint density at radius 1 is 1.50 bits per heavy atom. The molecule has 2 rings (SSSR count). The number of fused-ring (bicyclic) bond motifs is 1. The molecule has 1 aromatic heterocycles. The molecule has 0 spiro atoms. The topological polar surface area (TPSA) is 61.3 Å². The molecule has 5 heteroatoms. The molecule has 2 N–H and O–H groups in total.